The molecule has 7 heteroatoms. The number of aromatic nitrogens is 4. The summed E-state index contributed by atoms with van der Waals surface area (Å²) in [6, 6.07) is 16.7. The van der Waals surface area contributed by atoms with Crippen molar-refractivity contribution in [2.75, 3.05) is 0 Å². The molecule has 170 valence electrons. The molecule has 2 heterocycles. The number of thiazole rings is 1. The monoisotopic (exact) mass is 476 g/mol. The molecule has 0 radical (unpaired) electrons. The first kappa shape index (κ1) is 23.3. The van der Waals surface area contributed by atoms with Crippen molar-refractivity contribution in [1.29, 1.82) is 0 Å². The summed E-state index contributed by atoms with van der Waals surface area (Å²) in [5.74, 6) is 2.34. The van der Waals surface area contributed by atoms with E-state index in [0.29, 0.717) is 6.54 Å². The summed E-state index contributed by atoms with van der Waals surface area (Å²) < 4.78 is 8.21. The molecule has 0 bridgehead atoms. The molecule has 0 saturated heterocycles. The van der Waals surface area contributed by atoms with Crippen molar-refractivity contribution in [3.63, 3.8) is 0 Å². The number of aryl methyl sites for hydroxylation is 2. The second-order valence-corrected chi connectivity index (χ2v) is 9.60. The summed E-state index contributed by atoms with van der Waals surface area (Å²) in [5, 5.41) is 12.9. The number of hydrogen-bond acceptors (Lipinski definition) is 6. The fraction of sp³-hybridized carbons (Fsp3) is 0.269. The zero-order chi connectivity index (χ0) is 23.2. The summed E-state index contributed by atoms with van der Waals surface area (Å²) in [7, 11) is 0. The van der Waals surface area contributed by atoms with Crippen LogP contribution in [0.15, 0.2) is 71.7 Å². The maximum atomic E-state index is 6.15. The standard InChI is InChI=1S/C26H28N4OS2/c1-5-15-30-24(19(4)31-23-13-9-20(6-2)10-14-23)28-29-26(30)33-17-22-16-32-25(27-22)21-11-7-18(3)8-12-21/h5,7-14,16,19H,1,6,15,17H2,2-4H3. The first-order valence-electron chi connectivity index (χ1n) is 11.0. The molecule has 0 saturated carbocycles. The van der Waals surface area contributed by atoms with Gasteiger partial charge in [0.2, 0.25) is 0 Å². The number of allylic oxidation sites excluding steroid dienone is 1. The molecule has 1 atom stereocenters. The SMILES string of the molecule is C=CCn1c(SCc2csc(-c3ccc(C)cc3)n2)nnc1C(C)Oc1ccc(CC)cc1. The second-order valence-electron chi connectivity index (χ2n) is 7.80. The third-order valence-corrected chi connectivity index (χ3v) is 7.21. The highest BCUT2D eigenvalue weighted by atomic mass is 32.2. The van der Waals surface area contributed by atoms with Gasteiger partial charge in [-0.15, -0.1) is 28.1 Å². The topological polar surface area (TPSA) is 52.8 Å². The van der Waals surface area contributed by atoms with Crippen molar-refractivity contribution in [2.45, 2.75) is 50.8 Å². The zero-order valence-electron chi connectivity index (χ0n) is 19.2. The van der Waals surface area contributed by atoms with Gasteiger partial charge in [0.15, 0.2) is 17.1 Å². The van der Waals surface area contributed by atoms with Crippen LogP contribution in [-0.2, 0) is 18.7 Å². The van der Waals surface area contributed by atoms with E-state index in [1.54, 1.807) is 23.1 Å². The summed E-state index contributed by atoms with van der Waals surface area (Å²) in [5.41, 5.74) is 4.73. The predicted octanol–water partition coefficient (Wildman–Crippen LogP) is 6.89. The molecule has 0 spiro atoms. The number of ether oxygens (including phenoxy) is 1. The van der Waals surface area contributed by atoms with E-state index < -0.39 is 0 Å². The van der Waals surface area contributed by atoms with Crippen molar-refractivity contribution in [3.8, 4) is 16.3 Å². The van der Waals surface area contributed by atoms with Crippen molar-refractivity contribution >= 4 is 23.1 Å². The van der Waals surface area contributed by atoms with Gasteiger partial charge < -0.3 is 4.74 Å². The molecule has 33 heavy (non-hydrogen) atoms. The van der Waals surface area contributed by atoms with Gasteiger partial charge >= 0.3 is 0 Å². The molecule has 4 rings (SSSR count). The van der Waals surface area contributed by atoms with Crippen molar-refractivity contribution in [1.82, 2.24) is 19.7 Å². The molecule has 0 N–H and O–H groups in total. The number of rotatable bonds is 10. The minimum atomic E-state index is -0.230. The van der Waals surface area contributed by atoms with Crippen molar-refractivity contribution < 1.29 is 4.74 Å². The van der Waals surface area contributed by atoms with Crippen LogP contribution < -0.4 is 4.74 Å². The first-order chi connectivity index (χ1) is 16.1. The number of benzene rings is 2. The third-order valence-electron chi connectivity index (χ3n) is 5.26. The van der Waals surface area contributed by atoms with Crippen LogP contribution in [-0.4, -0.2) is 19.7 Å². The highest BCUT2D eigenvalue weighted by molar-refractivity contribution is 7.98. The fourth-order valence-electron chi connectivity index (χ4n) is 3.41. The van der Waals surface area contributed by atoms with E-state index >= 15 is 0 Å². The molecule has 4 aromatic rings. The molecule has 0 fully saturated rings. The molecule has 0 aliphatic carbocycles. The Kier molecular flexibility index (Phi) is 7.62. The molecule has 0 aliphatic rings. The van der Waals surface area contributed by atoms with Crippen LogP contribution in [0.4, 0.5) is 0 Å². The Labute approximate surface area is 203 Å². The van der Waals surface area contributed by atoms with E-state index in [-0.39, 0.29) is 6.10 Å². The second kappa shape index (κ2) is 10.8. The lowest BCUT2D eigenvalue weighted by Gasteiger charge is -2.16. The van der Waals surface area contributed by atoms with Gasteiger partial charge in [-0.1, -0.05) is 66.7 Å². The predicted molar refractivity (Wildman–Crippen MR) is 137 cm³/mol. The fourth-order valence-corrected chi connectivity index (χ4v) is 5.19. The van der Waals surface area contributed by atoms with Crippen LogP contribution in [0.1, 0.15) is 42.6 Å². The van der Waals surface area contributed by atoms with E-state index in [0.717, 1.165) is 45.2 Å². The van der Waals surface area contributed by atoms with Gasteiger partial charge in [-0.2, -0.15) is 0 Å². The average Bonchev–Trinajstić information content (AvgIpc) is 3.46. The van der Waals surface area contributed by atoms with Gasteiger partial charge in [-0.3, -0.25) is 4.57 Å². The van der Waals surface area contributed by atoms with Gasteiger partial charge in [-0.25, -0.2) is 4.98 Å². The van der Waals surface area contributed by atoms with Crippen LogP contribution in [0, 0.1) is 6.92 Å². The molecular weight excluding hydrogens is 448 g/mol. The summed E-state index contributed by atoms with van der Waals surface area (Å²) in [6.45, 7) is 10.8. The van der Waals surface area contributed by atoms with Crippen molar-refractivity contribution in [2.24, 2.45) is 0 Å². The lowest BCUT2D eigenvalue weighted by molar-refractivity contribution is 0.210. The van der Waals surface area contributed by atoms with Crippen molar-refractivity contribution in [3.05, 3.63) is 89.2 Å². The Morgan fingerprint density at radius 3 is 2.58 bits per heavy atom. The summed E-state index contributed by atoms with van der Waals surface area (Å²) >= 11 is 3.30. The smallest absolute Gasteiger partial charge is 0.192 e. The highest BCUT2D eigenvalue weighted by Crippen LogP contribution is 2.29. The van der Waals surface area contributed by atoms with E-state index in [1.165, 1.54) is 11.1 Å². The highest BCUT2D eigenvalue weighted by Gasteiger charge is 2.19. The van der Waals surface area contributed by atoms with Crippen LogP contribution in [0.2, 0.25) is 0 Å². The molecule has 1 unspecified atom stereocenters. The largest absolute Gasteiger partial charge is 0.483 e. The Morgan fingerprint density at radius 1 is 1.12 bits per heavy atom. The number of thioether (sulfide) groups is 1. The average molecular weight is 477 g/mol. The van der Waals surface area contributed by atoms with Gasteiger partial charge in [-0.05, 0) is 38.0 Å². The van der Waals surface area contributed by atoms with Gasteiger partial charge in [0, 0.05) is 23.2 Å². The molecule has 0 amide bonds. The molecule has 5 nitrogen and oxygen atoms in total. The number of hydrogen-bond donors (Lipinski definition) is 0. The Hall–Kier alpha value is -2.90. The van der Waals surface area contributed by atoms with Crippen LogP contribution >= 0.6 is 23.1 Å². The third kappa shape index (κ3) is 5.72. The maximum Gasteiger partial charge on any atom is 0.192 e. The normalized spacial score (nSPS) is 12.0. The number of nitrogens with zero attached hydrogens (tertiary/aromatic N) is 4. The van der Waals surface area contributed by atoms with Gasteiger partial charge in [0.25, 0.3) is 0 Å². The summed E-state index contributed by atoms with van der Waals surface area (Å²) in [6.07, 6.45) is 2.64. The van der Waals surface area contributed by atoms with E-state index in [4.69, 9.17) is 9.72 Å². The Morgan fingerprint density at radius 2 is 1.88 bits per heavy atom. The van der Waals surface area contributed by atoms with E-state index in [9.17, 15) is 0 Å². The molecule has 2 aromatic heterocycles. The lowest BCUT2D eigenvalue weighted by atomic mass is 10.2. The van der Waals surface area contributed by atoms with Crippen LogP contribution in [0.3, 0.4) is 0 Å². The zero-order valence-corrected chi connectivity index (χ0v) is 20.8. The molecular formula is C26H28N4OS2. The minimum absolute atomic E-state index is 0.230. The maximum absolute atomic E-state index is 6.15. The van der Waals surface area contributed by atoms with Crippen LogP contribution in [0.25, 0.3) is 10.6 Å². The molecule has 2 aromatic carbocycles. The lowest BCUT2D eigenvalue weighted by Crippen LogP contribution is -2.12. The van der Waals surface area contributed by atoms with E-state index in [1.807, 2.05) is 25.1 Å². The first-order valence-corrected chi connectivity index (χ1v) is 12.9. The quantitative estimate of drug-likeness (QED) is 0.184. The van der Waals surface area contributed by atoms with Gasteiger partial charge in [0.1, 0.15) is 10.8 Å². The molecule has 0 aliphatic heterocycles. The van der Waals surface area contributed by atoms with Crippen LogP contribution in [0.5, 0.6) is 5.75 Å². The minimum Gasteiger partial charge on any atom is -0.483 e. The Bertz CT molecular complexity index is 1200. The van der Waals surface area contributed by atoms with E-state index in [2.05, 4.69) is 77.0 Å². The Balaban J connectivity index is 1.45. The summed E-state index contributed by atoms with van der Waals surface area (Å²) in [4.78, 5) is 4.81. The van der Waals surface area contributed by atoms with Gasteiger partial charge in [0.05, 0.1) is 5.69 Å².